The first-order chi connectivity index (χ1) is 12.2. The number of anilines is 1. The van der Waals surface area contributed by atoms with E-state index in [1.807, 2.05) is 5.32 Å². The molecule has 2 amide bonds. The van der Waals surface area contributed by atoms with E-state index in [0.717, 1.165) is 12.1 Å². The van der Waals surface area contributed by atoms with E-state index in [0.29, 0.717) is 0 Å². The molecular weight excluding hydrogens is 352 g/mol. The summed E-state index contributed by atoms with van der Waals surface area (Å²) < 4.78 is 25.6. The van der Waals surface area contributed by atoms with Crippen LogP contribution in [0.3, 0.4) is 0 Å². The molecular formula is C16H13F2N3O5. The zero-order valence-corrected chi connectivity index (χ0v) is 13.0. The quantitative estimate of drug-likeness (QED) is 0.166. The Morgan fingerprint density at radius 2 is 1.38 bits per heavy atom. The molecule has 0 spiro atoms. The number of aliphatic hydroxyl groups is 2. The average Bonchev–Trinajstić information content (AvgIpc) is 2.80. The third-order valence-electron chi connectivity index (χ3n) is 3.38. The number of amides is 2. The predicted octanol–water partition coefficient (Wildman–Crippen LogP) is 0.706. The van der Waals surface area contributed by atoms with Crippen LogP contribution in [0.2, 0.25) is 0 Å². The number of hydrogen-bond acceptors (Lipinski definition) is 6. The van der Waals surface area contributed by atoms with Gasteiger partial charge in [0.2, 0.25) is 11.6 Å². The number of urea groups is 1. The fourth-order valence-electron chi connectivity index (χ4n) is 2.12. The van der Waals surface area contributed by atoms with E-state index < -0.39 is 40.7 Å². The fraction of sp³-hybridized carbons (Fsp3) is 0.0625. The van der Waals surface area contributed by atoms with Gasteiger partial charge < -0.3 is 15.5 Å². The number of rotatable bonds is 1. The Kier molecular flexibility index (Phi) is 5.41. The zero-order valence-electron chi connectivity index (χ0n) is 13.0. The number of benzene rings is 2. The van der Waals surface area contributed by atoms with E-state index in [2.05, 4.69) is 0 Å². The molecule has 8 nitrogen and oxygen atoms in total. The van der Waals surface area contributed by atoms with Gasteiger partial charge in [0.1, 0.15) is 17.3 Å². The molecule has 1 aliphatic carbocycles. The van der Waals surface area contributed by atoms with Crippen LogP contribution in [0.5, 0.6) is 0 Å². The summed E-state index contributed by atoms with van der Waals surface area (Å²) in [6, 6.07) is 8.26. The SMILES string of the molecule is NNC(=O)Nc1c(F)cccc1F.O=C1c2ccccc2C(=O)C1(O)O. The van der Waals surface area contributed by atoms with Gasteiger partial charge in [0.15, 0.2) is 0 Å². The van der Waals surface area contributed by atoms with Crippen molar-refractivity contribution in [3.8, 4) is 0 Å². The molecule has 0 radical (unpaired) electrons. The van der Waals surface area contributed by atoms with E-state index in [1.165, 1.54) is 18.2 Å². The zero-order chi connectivity index (χ0) is 19.5. The number of halogens is 2. The van der Waals surface area contributed by atoms with Crippen molar-refractivity contribution < 1.29 is 33.4 Å². The van der Waals surface area contributed by atoms with Crippen LogP contribution in [0.4, 0.5) is 19.3 Å². The molecule has 0 heterocycles. The summed E-state index contributed by atoms with van der Waals surface area (Å²) in [5, 5.41) is 20.1. The Balaban J connectivity index is 0.000000187. The molecule has 0 unspecified atom stereocenters. The van der Waals surface area contributed by atoms with Gasteiger partial charge in [0, 0.05) is 11.1 Å². The van der Waals surface area contributed by atoms with Crippen molar-refractivity contribution in [1.29, 1.82) is 0 Å². The third-order valence-corrected chi connectivity index (χ3v) is 3.38. The highest BCUT2D eigenvalue weighted by molar-refractivity contribution is 6.30. The Hall–Kier alpha value is -3.21. The number of hydrogen-bond donors (Lipinski definition) is 5. The van der Waals surface area contributed by atoms with Gasteiger partial charge in [-0.1, -0.05) is 30.3 Å². The van der Waals surface area contributed by atoms with E-state index in [1.54, 1.807) is 17.6 Å². The lowest BCUT2D eigenvalue weighted by atomic mass is 10.1. The number of ketones is 2. The number of carbonyl (C=O) groups excluding carboxylic acids is 3. The summed E-state index contributed by atoms with van der Waals surface area (Å²) >= 11 is 0. The van der Waals surface area contributed by atoms with E-state index in [-0.39, 0.29) is 11.1 Å². The number of para-hydroxylation sites is 1. The fourth-order valence-corrected chi connectivity index (χ4v) is 2.12. The molecule has 2 aromatic carbocycles. The molecule has 26 heavy (non-hydrogen) atoms. The summed E-state index contributed by atoms with van der Waals surface area (Å²) in [5.41, 5.74) is 1.30. The molecule has 0 bridgehead atoms. The molecule has 0 saturated carbocycles. The first-order valence-electron chi connectivity index (χ1n) is 7.05. The van der Waals surface area contributed by atoms with Crippen LogP contribution in [0.1, 0.15) is 20.7 Å². The molecule has 0 fully saturated rings. The Labute approximate surface area is 145 Å². The number of Topliss-reactive ketones (excluding diaryl/α,β-unsaturated/α-hetero) is 2. The molecule has 6 N–H and O–H groups in total. The molecule has 3 rings (SSSR count). The highest BCUT2D eigenvalue weighted by Gasteiger charge is 2.50. The van der Waals surface area contributed by atoms with Crippen molar-refractivity contribution in [3.63, 3.8) is 0 Å². The average molecular weight is 365 g/mol. The highest BCUT2D eigenvalue weighted by Crippen LogP contribution is 2.27. The first kappa shape index (κ1) is 19.1. The first-order valence-corrected chi connectivity index (χ1v) is 7.05. The molecule has 2 aromatic rings. The van der Waals surface area contributed by atoms with E-state index in [4.69, 9.17) is 16.1 Å². The lowest BCUT2D eigenvalue weighted by Gasteiger charge is -2.08. The lowest BCUT2D eigenvalue weighted by molar-refractivity contribution is -0.0857. The normalized spacial score (nSPS) is 14.2. The standard InChI is InChI=1S/C9H6O4.C7H7F2N3O/c10-7-5-3-1-2-4-6(5)8(11)9(7,12)13;8-4-2-1-3-5(9)6(4)11-7(13)12-10/h1-4,12-13H;1-3H,10H2,(H2,11,12,13). The molecule has 0 aliphatic heterocycles. The highest BCUT2D eigenvalue weighted by atomic mass is 19.1. The van der Waals surface area contributed by atoms with Crippen molar-refractivity contribution in [1.82, 2.24) is 5.43 Å². The second-order valence-corrected chi connectivity index (χ2v) is 5.07. The van der Waals surface area contributed by atoms with Gasteiger partial charge in [-0.15, -0.1) is 0 Å². The minimum Gasteiger partial charge on any atom is -0.353 e. The number of fused-ring (bicyclic) bond motifs is 1. The third kappa shape index (κ3) is 3.57. The maximum absolute atomic E-state index is 12.8. The van der Waals surface area contributed by atoms with Gasteiger partial charge in [-0.3, -0.25) is 15.0 Å². The minimum atomic E-state index is -2.86. The summed E-state index contributed by atoms with van der Waals surface area (Å²) in [7, 11) is 0. The van der Waals surface area contributed by atoms with Crippen LogP contribution in [-0.4, -0.2) is 33.6 Å². The number of nitrogens with one attached hydrogen (secondary N) is 2. The van der Waals surface area contributed by atoms with E-state index in [9.17, 15) is 23.2 Å². The second kappa shape index (κ2) is 7.35. The number of carbonyl (C=O) groups is 3. The van der Waals surface area contributed by atoms with Gasteiger partial charge in [-0.25, -0.2) is 19.4 Å². The smallest absolute Gasteiger partial charge is 0.333 e. The summed E-state index contributed by atoms with van der Waals surface area (Å²) in [4.78, 5) is 33.0. The van der Waals surface area contributed by atoms with Crippen LogP contribution in [0.25, 0.3) is 0 Å². The number of nitrogens with two attached hydrogens (primary N) is 1. The van der Waals surface area contributed by atoms with Crippen LogP contribution in [0.15, 0.2) is 42.5 Å². The van der Waals surface area contributed by atoms with Crippen molar-refractivity contribution in [3.05, 3.63) is 65.2 Å². The molecule has 1 aliphatic rings. The summed E-state index contributed by atoms with van der Waals surface area (Å²) in [6.07, 6.45) is 0. The summed E-state index contributed by atoms with van der Waals surface area (Å²) in [6.45, 7) is 0. The molecule has 0 saturated heterocycles. The van der Waals surface area contributed by atoms with Crippen LogP contribution in [-0.2, 0) is 0 Å². The largest absolute Gasteiger partial charge is 0.353 e. The van der Waals surface area contributed by atoms with Crippen molar-refractivity contribution >= 4 is 23.3 Å². The topological polar surface area (TPSA) is 142 Å². The van der Waals surface area contributed by atoms with Gasteiger partial charge in [0.25, 0.3) is 5.79 Å². The van der Waals surface area contributed by atoms with Crippen molar-refractivity contribution in [2.45, 2.75) is 5.79 Å². The second-order valence-electron chi connectivity index (χ2n) is 5.07. The van der Waals surface area contributed by atoms with Crippen LogP contribution >= 0.6 is 0 Å². The van der Waals surface area contributed by atoms with Crippen molar-refractivity contribution in [2.75, 3.05) is 5.32 Å². The maximum atomic E-state index is 12.8. The molecule has 0 aromatic heterocycles. The van der Waals surface area contributed by atoms with Crippen LogP contribution in [0, 0.1) is 11.6 Å². The Morgan fingerprint density at radius 3 is 1.81 bits per heavy atom. The van der Waals surface area contributed by atoms with Crippen molar-refractivity contribution in [2.24, 2.45) is 5.84 Å². The van der Waals surface area contributed by atoms with Gasteiger partial charge in [-0.05, 0) is 12.1 Å². The molecule has 10 heteroatoms. The van der Waals surface area contributed by atoms with E-state index >= 15 is 0 Å². The Bertz CT molecular complexity index is 829. The summed E-state index contributed by atoms with van der Waals surface area (Å²) in [5.74, 6) is -1.76. The lowest BCUT2D eigenvalue weighted by Crippen LogP contribution is -2.40. The predicted molar refractivity (Wildman–Crippen MR) is 85.0 cm³/mol. The van der Waals surface area contributed by atoms with Gasteiger partial charge >= 0.3 is 6.03 Å². The monoisotopic (exact) mass is 365 g/mol. The molecule has 0 atom stereocenters. The Morgan fingerprint density at radius 1 is 0.923 bits per heavy atom. The minimum absolute atomic E-state index is 0.0671. The van der Waals surface area contributed by atoms with Gasteiger partial charge in [-0.2, -0.15) is 0 Å². The van der Waals surface area contributed by atoms with Crippen LogP contribution < -0.4 is 16.6 Å². The number of hydrazine groups is 1. The van der Waals surface area contributed by atoms with Gasteiger partial charge in [0.05, 0.1) is 0 Å². The molecule has 136 valence electrons. The maximum Gasteiger partial charge on any atom is 0.333 e.